The second kappa shape index (κ2) is 6.31. The van der Waals surface area contributed by atoms with Gasteiger partial charge in [-0.1, -0.05) is 12.2 Å². The Morgan fingerprint density at radius 1 is 1.79 bits per heavy atom. The third kappa shape index (κ3) is 4.34. The molecule has 0 amide bonds. The van der Waals surface area contributed by atoms with E-state index in [1.54, 1.807) is 6.33 Å². The molecule has 1 heterocycles. The molecule has 0 spiro atoms. The molecule has 0 saturated heterocycles. The number of nitrogens with one attached hydrogen (secondary N) is 2. The number of imidazole rings is 1. The third-order valence-corrected chi connectivity index (χ3v) is 2.97. The lowest BCUT2D eigenvalue weighted by Gasteiger charge is -2.02. The summed E-state index contributed by atoms with van der Waals surface area (Å²) < 4.78 is 0.557. The molecule has 14 heavy (non-hydrogen) atoms. The molecule has 1 rings (SSSR count). The maximum absolute atomic E-state index is 4.77. The molecule has 0 aliphatic rings. The van der Waals surface area contributed by atoms with Crippen molar-refractivity contribution in [1.82, 2.24) is 15.3 Å². The summed E-state index contributed by atoms with van der Waals surface area (Å²) in [5.74, 6) is 1.95. The van der Waals surface area contributed by atoms with Crippen molar-refractivity contribution >= 4 is 40.9 Å². The maximum Gasteiger partial charge on any atom is 0.130 e. The summed E-state index contributed by atoms with van der Waals surface area (Å²) >= 11 is 10.6. The number of aryl methyl sites for hydroxylation is 1. The summed E-state index contributed by atoms with van der Waals surface area (Å²) in [6, 6.07) is 0. The van der Waals surface area contributed by atoms with Crippen molar-refractivity contribution < 1.29 is 0 Å². The summed E-state index contributed by atoms with van der Waals surface area (Å²) in [7, 11) is 0. The lowest BCUT2D eigenvalue weighted by Crippen LogP contribution is -2.19. The van der Waals surface area contributed by atoms with Gasteiger partial charge < -0.3 is 10.3 Å². The van der Waals surface area contributed by atoms with Crippen LogP contribution in [0.2, 0.25) is 0 Å². The van der Waals surface area contributed by atoms with E-state index in [1.165, 1.54) is 0 Å². The molecule has 0 fully saturated rings. The summed E-state index contributed by atoms with van der Waals surface area (Å²) in [4.78, 5) is 7.27. The van der Waals surface area contributed by atoms with Gasteiger partial charge in [-0.25, -0.2) is 4.98 Å². The fraction of sp³-hybridized carbons (Fsp3) is 0.500. The Bertz CT molecular complexity index is 298. The Morgan fingerprint density at radius 3 is 3.14 bits per heavy atom. The van der Waals surface area contributed by atoms with E-state index < -0.39 is 0 Å². The number of aromatic nitrogens is 2. The first-order valence-electron chi connectivity index (χ1n) is 4.23. The van der Waals surface area contributed by atoms with Crippen molar-refractivity contribution in [2.45, 2.75) is 12.7 Å². The first-order chi connectivity index (χ1) is 6.70. The fourth-order valence-electron chi connectivity index (χ4n) is 0.932. The van der Waals surface area contributed by atoms with E-state index in [4.69, 9.17) is 12.2 Å². The van der Waals surface area contributed by atoms with Gasteiger partial charge in [0, 0.05) is 23.7 Å². The first kappa shape index (κ1) is 11.9. The fourth-order valence-corrected chi connectivity index (χ4v) is 2.02. The van der Waals surface area contributed by atoms with Crippen LogP contribution in [0.4, 0.5) is 0 Å². The number of hydrogen-bond acceptors (Lipinski definition) is 3. The van der Waals surface area contributed by atoms with Crippen molar-refractivity contribution in [2.24, 2.45) is 0 Å². The Hall–Kier alpha value is -0.200. The minimum atomic E-state index is 0.557. The molecule has 1 aromatic heterocycles. The van der Waals surface area contributed by atoms with Crippen LogP contribution >= 0.6 is 36.6 Å². The highest BCUT2D eigenvalue weighted by Crippen LogP contribution is 2.11. The lowest BCUT2D eigenvalue weighted by molar-refractivity contribution is 1.01. The van der Waals surface area contributed by atoms with Gasteiger partial charge in [-0.05, 0) is 6.92 Å². The van der Waals surface area contributed by atoms with E-state index in [2.05, 4.69) is 27.9 Å². The zero-order valence-corrected chi connectivity index (χ0v) is 10.4. The van der Waals surface area contributed by atoms with Crippen molar-refractivity contribution in [3.05, 3.63) is 17.7 Å². The van der Waals surface area contributed by atoms with Gasteiger partial charge in [-0.15, -0.1) is 12.6 Å². The molecule has 6 heteroatoms. The van der Waals surface area contributed by atoms with Gasteiger partial charge in [-0.3, -0.25) is 0 Å². The number of thiol groups is 1. The molecule has 0 radical (unpaired) electrons. The first-order valence-corrected chi connectivity index (χ1v) is 6.24. The van der Waals surface area contributed by atoms with Crippen LogP contribution in [0.15, 0.2) is 6.33 Å². The largest absolute Gasteiger partial charge is 0.370 e. The zero-order chi connectivity index (χ0) is 10.4. The summed E-state index contributed by atoms with van der Waals surface area (Å²) in [6.45, 7) is 2.89. The van der Waals surface area contributed by atoms with Gasteiger partial charge in [-0.2, -0.15) is 11.8 Å². The molecular formula is C8H13N3S3. The van der Waals surface area contributed by atoms with Crippen LogP contribution in [-0.2, 0) is 5.75 Å². The average Bonchev–Trinajstić information content (AvgIpc) is 2.51. The Kier molecular flexibility index (Phi) is 5.36. The highest BCUT2D eigenvalue weighted by atomic mass is 32.2. The second-order valence-electron chi connectivity index (χ2n) is 2.76. The molecule has 3 nitrogen and oxygen atoms in total. The molecule has 0 saturated carbocycles. The Morgan fingerprint density at radius 2 is 2.57 bits per heavy atom. The van der Waals surface area contributed by atoms with E-state index in [1.807, 2.05) is 18.7 Å². The molecule has 1 aromatic rings. The standard InChI is InChI=1S/C8H13N3S3/c1-6-7(11-5-10-6)4-14-3-2-9-8(12)13/h5H,2-4H2,1H3,(H,10,11)(H2,9,12,13). The van der Waals surface area contributed by atoms with E-state index in [-0.39, 0.29) is 0 Å². The van der Waals surface area contributed by atoms with Gasteiger partial charge in [0.25, 0.3) is 0 Å². The van der Waals surface area contributed by atoms with Crippen LogP contribution in [0, 0.1) is 6.92 Å². The van der Waals surface area contributed by atoms with Crippen LogP contribution in [-0.4, -0.2) is 26.6 Å². The number of thiocarbonyl (C=S) groups is 1. The predicted molar refractivity (Wildman–Crippen MR) is 69.1 cm³/mol. The molecule has 0 bridgehead atoms. The molecule has 0 unspecified atom stereocenters. The number of hydrogen-bond donors (Lipinski definition) is 3. The molecule has 0 aromatic carbocycles. The van der Waals surface area contributed by atoms with E-state index in [0.29, 0.717) is 4.32 Å². The van der Waals surface area contributed by atoms with Crippen LogP contribution in [0.3, 0.4) is 0 Å². The van der Waals surface area contributed by atoms with Crippen molar-refractivity contribution in [3.8, 4) is 0 Å². The molecule has 2 N–H and O–H groups in total. The summed E-state index contributed by atoms with van der Waals surface area (Å²) in [5, 5.41) is 2.99. The topological polar surface area (TPSA) is 40.7 Å². The van der Waals surface area contributed by atoms with Gasteiger partial charge >= 0.3 is 0 Å². The molecular weight excluding hydrogens is 234 g/mol. The van der Waals surface area contributed by atoms with E-state index in [0.717, 1.165) is 29.4 Å². The van der Waals surface area contributed by atoms with Gasteiger partial charge in [0.1, 0.15) is 4.32 Å². The zero-order valence-electron chi connectivity index (χ0n) is 7.91. The average molecular weight is 247 g/mol. The SMILES string of the molecule is Cc1[nH]cnc1CSCCNC(=S)S. The van der Waals surface area contributed by atoms with Gasteiger partial charge in [0.15, 0.2) is 0 Å². The number of H-pyrrole nitrogens is 1. The maximum atomic E-state index is 4.77. The minimum Gasteiger partial charge on any atom is -0.370 e. The van der Waals surface area contributed by atoms with Crippen LogP contribution < -0.4 is 5.32 Å². The highest BCUT2D eigenvalue weighted by molar-refractivity contribution is 8.11. The Labute approximate surface area is 98.9 Å². The minimum absolute atomic E-state index is 0.557. The monoisotopic (exact) mass is 247 g/mol. The van der Waals surface area contributed by atoms with Crippen LogP contribution in [0.25, 0.3) is 0 Å². The lowest BCUT2D eigenvalue weighted by atomic mass is 10.4. The summed E-state index contributed by atoms with van der Waals surface area (Å²) in [6.07, 6.45) is 1.73. The smallest absolute Gasteiger partial charge is 0.130 e. The number of nitrogens with zero attached hydrogens (tertiary/aromatic N) is 1. The molecule has 78 valence electrons. The van der Waals surface area contributed by atoms with Gasteiger partial charge in [0.05, 0.1) is 12.0 Å². The van der Waals surface area contributed by atoms with Crippen LogP contribution in [0.5, 0.6) is 0 Å². The summed E-state index contributed by atoms with van der Waals surface area (Å²) in [5.41, 5.74) is 2.28. The van der Waals surface area contributed by atoms with Crippen molar-refractivity contribution in [1.29, 1.82) is 0 Å². The normalized spacial score (nSPS) is 10.1. The number of aromatic amines is 1. The predicted octanol–water partition coefficient (Wildman–Crippen LogP) is 1.76. The van der Waals surface area contributed by atoms with Crippen molar-refractivity contribution in [2.75, 3.05) is 12.3 Å². The number of rotatable bonds is 5. The quantitative estimate of drug-likeness (QED) is 0.421. The molecule has 0 atom stereocenters. The molecule has 0 aliphatic carbocycles. The Balaban J connectivity index is 2.10. The third-order valence-electron chi connectivity index (χ3n) is 1.70. The van der Waals surface area contributed by atoms with Gasteiger partial charge in [0.2, 0.25) is 0 Å². The molecule has 0 aliphatic heterocycles. The van der Waals surface area contributed by atoms with E-state index in [9.17, 15) is 0 Å². The second-order valence-corrected chi connectivity index (χ2v) is 5.02. The van der Waals surface area contributed by atoms with E-state index >= 15 is 0 Å². The number of thioether (sulfide) groups is 1. The highest BCUT2D eigenvalue weighted by Gasteiger charge is 1.99. The van der Waals surface area contributed by atoms with Crippen molar-refractivity contribution in [3.63, 3.8) is 0 Å². The van der Waals surface area contributed by atoms with Crippen LogP contribution in [0.1, 0.15) is 11.4 Å².